The van der Waals surface area contributed by atoms with E-state index in [1.807, 2.05) is 16.9 Å². The van der Waals surface area contributed by atoms with Crippen LogP contribution in [0.1, 0.15) is 64.0 Å². The SMILES string of the molecule is CCCC(O)(CC)Cc1c(C(C)C)ccn2cncc12. The zero-order chi connectivity index (χ0) is 14.8. The van der Waals surface area contributed by atoms with Gasteiger partial charge in [0.15, 0.2) is 0 Å². The summed E-state index contributed by atoms with van der Waals surface area (Å²) >= 11 is 0. The topological polar surface area (TPSA) is 37.5 Å². The molecule has 0 aromatic carbocycles. The molecule has 2 aromatic heterocycles. The average molecular weight is 274 g/mol. The molecule has 110 valence electrons. The maximum atomic E-state index is 10.8. The van der Waals surface area contributed by atoms with Gasteiger partial charge in [0.25, 0.3) is 0 Å². The number of hydrogen-bond donors (Lipinski definition) is 1. The molecule has 2 rings (SSSR count). The van der Waals surface area contributed by atoms with E-state index in [-0.39, 0.29) is 0 Å². The minimum atomic E-state index is -0.607. The first-order valence-corrected chi connectivity index (χ1v) is 7.66. The summed E-state index contributed by atoms with van der Waals surface area (Å²) in [7, 11) is 0. The molecule has 1 N–H and O–H groups in total. The molecule has 0 fully saturated rings. The monoisotopic (exact) mass is 274 g/mol. The first kappa shape index (κ1) is 15.0. The van der Waals surface area contributed by atoms with Crippen LogP contribution in [0.5, 0.6) is 0 Å². The highest BCUT2D eigenvalue weighted by molar-refractivity contribution is 5.57. The van der Waals surface area contributed by atoms with Crippen molar-refractivity contribution in [1.82, 2.24) is 9.38 Å². The Labute approximate surface area is 121 Å². The van der Waals surface area contributed by atoms with Crippen LogP contribution in [0, 0.1) is 0 Å². The Morgan fingerprint density at radius 1 is 1.35 bits per heavy atom. The lowest BCUT2D eigenvalue weighted by Crippen LogP contribution is -2.31. The molecule has 0 bridgehead atoms. The van der Waals surface area contributed by atoms with Gasteiger partial charge in [-0.15, -0.1) is 0 Å². The number of imidazole rings is 1. The van der Waals surface area contributed by atoms with Crippen LogP contribution in [0.2, 0.25) is 0 Å². The summed E-state index contributed by atoms with van der Waals surface area (Å²) in [6.07, 6.45) is 9.14. The quantitative estimate of drug-likeness (QED) is 0.866. The Hall–Kier alpha value is -1.35. The lowest BCUT2D eigenvalue weighted by Gasteiger charge is -2.28. The zero-order valence-corrected chi connectivity index (χ0v) is 13.1. The van der Waals surface area contributed by atoms with Gasteiger partial charge >= 0.3 is 0 Å². The second kappa shape index (κ2) is 5.96. The molecule has 0 aliphatic heterocycles. The Kier molecular flexibility index (Phi) is 4.48. The van der Waals surface area contributed by atoms with Gasteiger partial charge in [-0.25, -0.2) is 4.98 Å². The Bertz CT molecular complexity index is 573. The van der Waals surface area contributed by atoms with E-state index in [0.717, 1.165) is 24.8 Å². The summed E-state index contributed by atoms with van der Waals surface area (Å²) in [6, 6.07) is 2.16. The van der Waals surface area contributed by atoms with Crippen LogP contribution in [0.25, 0.3) is 5.52 Å². The third-order valence-corrected chi connectivity index (χ3v) is 4.24. The largest absolute Gasteiger partial charge is 0.390 e. The van der Waals surface area contributed by atoms with Gasteiger partial charge in [0.2, 0.25) is 0 Å². The molecule has 0 spiro atoms. The van der Waals surface area contributed by atoms with E-state index >= 15 is 0 Å². The van der Waals surface area contributed by atoms with Crippen molar-refractivity contribution in [2.45, 2.75) is 64.9 Å². The number of pyridine rings is 1. The molecule has 0 aliphatic rings. The van der Waals surface area contributed by atoms with Crippen molar-refractivity contribution in [3.63, 3.8) is 0 Å². The van der Waals surface area contributed by atoms with Crippen LogP contribution in [0.15, 0.2) is 24.8 Å². The number of aliphatic hydroxyl groups is 1. The molecule has 0 saturated carbocycles. The van der Waals surface area contributed by atoms with Gasteiger partial charge in [0, 0.05) is 12.6 Å². The molecule has 0 amide bonds. The molecule has 3 nitrogen and oxygen atoms in total. The second-order valence-corrected chi connectivity index (χ2v) is 6.10. The highest BCUT2D eigenvalue weighted by Gasteiger charge is 2.27. The summed E-state index contributed by atoms with van der Waals surface area (Å²) in [5.41, 5.74) is 3.09. The number of rotatable bonds is 6. The fourth-order valence-corrected chi connectivity index (χ4v) is 2.98. The van der Waals surface area contributed by atoms with E-state index < -0.39 is 5.60 Å². The van der Waals surface area contributed by atoms with Gasteiger partial charge in [-0.2, -0.15) is 0 Å². The Morgan fingerprint density at radius 2 is 2.10 bits per heavy atom. The first-order chi connectivity index (χ1) is 9.50. The molecular formula is C17H26N2O. The van der Waals surface area contributed by atoms with Crippen molar-refractivity contribution in [3.8, 4) is 0 Å². The molecule has 20 heavy (non-hydrogen) atoms. The summed E-state index contributed by atoms with van der Waals surface area (Å²) < 4.78 is 2.04. The lowest BCUT2D eigenvalue weighted by molar-refractivity contribution is 0.0271. The number of hydrogen-bond acceptors (Lipinski definition) is 2. The van der Waals surface area contributed by atoms with Gasteiger partial charge < -0.3 is 9.51 Å². The molecule has 0 saturated heterocycles. The Balaban J connectivity index is 2.50. The maximum absolute atomic E-state index is 10.8. The molecule has 2 aromatic rings. The van der Waals surface area contributed by atoms with Crippen LogP contribution < -0.4 is 0 Å². The normalized spacial score (nSPS) is 14.9. The van der Waals surface area contributed by atoms with Crippen LogP contribution >= 0.6 is 0 Å². The number of nitrogens with zero attached hydrogens (tertiary/aromatic N) is 2. The molecule has 2 heterocycles. The number of aromatic nitrogens is 2. The van der Waals surface area contributed by atoms with Crippen LogP contribution in [0.4, 0.5) is 0 Å². The molecule has 1 atom stereocenters. The molecular weight excluding hydrogens is 248 g/mol. The van der Waals surface area contributed by atoms with E-state index in [4.69, 9.17) is 0 Å². The lowest BCUT2D eigenvalue weighted by atomic mass is 9.84. The van der Waals surface area contributed by atoms with Crippen molar-refractivity contribution < 1.29 is 5.11 Å². The van der Waals surface area contributed by atoms with Crippen LogP contribution in [-0.4, -0.2) is 20.1 Å². The van der Waals surface area contributed by atoms with Gasteiger partial charge in [-0.05, 0) is 36.0 Å². The van der Waals surface area contributed by atoms with Gasteiger partial charge in [0.1, 0.15) is 0 Å². The third-order valence-electron chi connectivity index (χ3n) is 4.24. The van der Waals surface area contributed by atoms with Gasteiger partial charge in [-0.3, -0.25) is 0 Å². The van der Waals surface area contributed by atoms with Crippen molar-refractivity contribution in [1.29, 1.82) is 0 Å². The molecule has 0 radical (unpaired) electrons. The van der Waals surface area contributed by atoms with Crippen molar-refractivity contribution in [2.24, 2.45) is 0 Å². The number of fused-ring (bicyclic) bond motifs is 1. The minimum absolute atomic E-state index is 0.452. The van der Waals surface area contributed by atoms with E-state index in [0.29, 0.717) is 12.3 Å². The smallest absolute Gasteiger partial charge is 0.0992 e. The summed E-state index contributed by atoms with van der Waals surface area (Å²) in [6.45, 7) is 8.61. The van der Waals surface area contributed by atoms with E-state index in [2.05, 4.69) is 44.9 Å². The van der Waals surface area contributed by atoms with E-state index in [1.165, 1.54) is 11.1 Å². The predicted molar refractivity (Wildman–Crippen MR) is 83.1 cm³/mol. The minimum Gasteiger partial charge on any atom is -0.390 e. The molecule has 0 aliphatic carbocycles. The fourth-order valence-electron chi connectivity index (χ4n) is 2.98. The van der Waals surface area contributed by atoms with Crippen molar-refractivity contribution >= 4 is 5.52 Å². The zero-order valence-electron chi connectivity index (χ0n) is 13.1. The standard InChI is InChI=1S/C17H26N2O/c1-5-8-17(20,6-2)10-15-14(13(3)4)7-9-19-12-18-11-16(15)19/h7,9,11-13,20H,5-6,8,10H2,1-4H3. The highest BCUT2D eigenvalue weighted by atomic mass is 16.3. The highest BCUT2D eigenvalue weighted by Crippen LogP contribution is 2.30. The first-order valence-electron chi connectivity index (χ1n) is 7.66. The van der Waals surface area contributed by atoms with E-state index in [1.54, 1.807) is 0 Å². The van der Waals surface area contributed by atoms with Crippen molar-refractivity contribution in [2.75, 3.05) is 0 Å². The Morgan fingerprint density at radius 3 is 2.70 bits per heavy atom. The summed E-state index contributed by atoms with van der Waals surface area (Å²) in [5, 5.41) is 10.8. The molecule has 1 unspecified atom stereocenters. The summed E-state index contributed by atoms with van der Waals surface area (Å²) in [5.74, 6) is 0.452. The average Bonchev–Trinajstić information content (AvgIpc) is 2.87. The predicted octanol–water partition coefficient (Wildman–Crippen LogP) is 3.94. The second-order valence-electron chi connectivity index (χ2n) is 6.10. The van der Waals surface area contributed by atoms with Gasteiger partial charge in [0.05, 0.1) is 23.6 Å². The van der Waals surface area contributed by atoms with Crippen LogP contribution in [-0.2, 0) is 6.42 Å². The van der Waals surface area contributed by atoms with Crippen LogP contribution in [0.3, 0.4) is 0 Å². The maximum Gasteiger partial charge on any atom is 0.0992 e. The van der Waals surface area contributed by atoms with E-state index in [9.17, 15) is 5.11 Å². The summed E-state index contributed by atoms with van der Waals surface area (Å²) in [4.78, 5) is 4.25. The molecule has 3 heteroatoms. The van der Waals surface area contributed by atoms with Gasteiger partial charge in [-0.1, -0.05) is 34.1 Å². The fraction of sp³-hybridized carbons (Fsp3) is 0.588. The van der Waals surface area contributed by atoms with Crippen molar-refractivity contribution in [3.05, 3.63) is 35.9 Å². The third kappa shape index (κ3) is 2.88.